The molecule has 0 aromatic heterocycles. The molecule has 1 atom stereocenters. The van der Waals surface area contributed by atoms with Gasteiger partial charge in [-0.3, -0.25) is 4.90 Å². The van der Waals surface area contributed by atoms with Crippen LogP contribution in [0.1, 0.15) is 31.9 Å². The maximum absolute atomic E-state index is 12.9. The lowest BCUT2D eigenvalue weighted by Crippen LogP contribution is -2.69. The second kappa shape index (κ2) is 12.4. The molecule has 4 aromatic rings. The van der Waals surface area contributed by atoms with E-state index >= 15 is 0 Å². The van der Waals surface area contributed by atoms with Crippen molar-refractivity contribution < 1.29 is 14.3 Å². The van der Waals surface area contributed by atoms with Crippen molar-refractivity contribution >= 4 is 24.7 Å². The van der Waals surface area contributed by atoms with Crippen molar-refractivity contribution in [2.24, 2.45) is 0 Å². The minimum atomic E-state index is -3.03. The Balaban J connectivity index is 1.75. The highest BCUT2D eigenvalue weighted by atomic mass is 28.4. The van der Waals surface area contributed by atoms with Gasteiger partial charge in [0.05, 0.1) is 0 Å². The van der Waals surface area contributed by atoms with Crippen LogP contribution in [-0.4, -0.2) is 36.9 Å². The Labute approximate surface area is 227 Å². The molecule has 0 fully saturated rings. The quantitative estimate of drug-likeness (QED) is 0.256. The third-order valence-corrected chi connectivity index (χ3v) is 12.0. The first-order chi connectivity index (χ1) is 18.3. The second-order valence-electron chi connectivity index (χ2n) is 10.7. The Kier molecular flexibility index (Phi) is 8.95. The summed E-state index contributed by atoms with van der Waals surface area (Å²) in [5, 5.41) is 12.4. The van der Waals surface area contributed by atoms with E-state index in [2.05, 4.69) is 74.2 Å². The van der Waals surface area contributed by atoms with E-state index < -0.39 is 20.4 Å². The summed E-state index contributed by atoms with van der Waals surface area (Å²) in [4.78, 5) is 15.1. The number of carbonyl (C=O) groups is 1. The van der Waals surface area contributed by atoms with Gasteiger partial charge in [0, 0.05) is 19.6 Å². The molecule has 0 bridgehead atoms. The van der Waals surface area contributed by atoms with Crippen molar-refractivity contribution in [1.29, 1.82) is 0 Å². The Morgan fingerprint density at radius 1 is 0.711 bits per heavy atom. The Morgan fingerprint density at radius 2 is 1.08 bits per heavy atom. The van der Waals surface area contributed by atoms with E-state index in [0.29, 0.717) is 13.1 Å². The van der Waals surface area contributed by atoms with E-state index in [1.807, 2.05) is 72.8 Å². The zero-order valence-corrected chi connectivity index (χ0v) is 23.5. The van der Waals surface area contributed by atoms with Crippen LogP contribution in [0.2, 0.25) is 5.04 Å². The molecule has 4 nitrogen and oxygen atoms in total. The Bertz CT molecular complexity index is 1190. The predicted octanol–water partition coefficient (Wildman–Crippen LogP) is 5.72. The largest absolute Gasteiger partial charge is 0.479 e. The number of benzene rings is 4. The summed E-state index contributed by atoms with van der Waals surface area (Å²) in [5.41, 5.74) is 2.27. The second-order valence-corrected chi connectivity index (χ2v) is 15.0. The van der Waals surface area contributed by atoms with Crippen LogP contribution < -0.4 is 10.4 Å². The number of carboxylic acids is 1. The molecular formula is C33H37NO3Si. The molecule has 0 spiro atoms. The molecule has 4 aromatic carbocycles. The van der Waals surface area contributed by atoms with Gasteiger partial charge in [-0.15, -0.1) is 0 Å². The van der Waals surface area contributed by atoms with Crippen LogP contribution in [0.5, 0.6) is 0 Å². The molecule has 0 aliphatic heterocycles. The normalized spacial score (nSPS) is 12.8. The molecule has 38 heavy (non-hydrogen) atoms. The van der Waals surface area contributed by atoms with Crippen molar-refractivity contribution in [3.8, 4) is 0 Å². The fourth-order valence-electron chi connectivity index (χ4n) is 5.17. The molecule has 196 valence electrons. The van der Waals surface area contributed by atoms with E-state index in [0.717, 1.165) is 21.5 Å². The predicted molar refractivity (Wildman–Crippen MR) is 157 cm³/mol. The molecule has 0 saturated heterocycles. The van der Waals surface area contributed by atoms with Crippen LogP contribution in [0.4, 0.5) is 0 Å². The highest BCUT2D eigenvalue weighted by Gasteiger charge is 2.52. The molecule has 4 rings (SSSR count). The first-order valence-electron chi connectivity index (χ1n) is 13.1. The number of rotatable bonds is 11. The number of hydrogen-bond acceptors (Lipinski definition) is 3. The minimum Gasteiger partial charge on any atom is -0.479 e. The smallest absolute Gasteiger partial charge is 0.332 e. The molecule has 0 amide bonds. The van der Waals surface area contributed by atoms with Gasteiger partial charge in [-0.2, -0.15) is 0 Å². The highest BCUT2D eigenvalue weighted by molar-refractivity contribution is 6.99. The third-order valence-electron chi connectivity index (χ3n) is 6.93. The first kappa shape index (κ1) is 27.5. The number of nitrogens with zero attached hydrogens (tertiary/aromatic N) is 1. The van der Waals surface area contributed by atoms with Crippen LogP contribution in [-0.2, 0) is 22.3 Å². The molecule has 0 saturated carbocycles. The summed E-state index contributed by atoms with van der Waals surface area (Å²) in [5.74, 6) is -0.941. The van der Waals surface area contributed by atoms with Crippen LogP contribution in [0, 0.1) is 0 Å². The zero-order valence-electron chi connectivity index (χ0n) is 22.5. The van der Waals surface area contributed by atoms with Gasteiger partial charge in [0.25, 0.3) is 8.32 Å². The van der Waals surface area contributed by atoms with Crippen LogP contribution >= 0.6 is 0 Å². The van der Waals surface area contributed by atoms with Crippen molar-refractivity contribution in [3.63, 3.8) is 0 Å². The highest BCUT2D eigenvalue weighted by Crippen LogP contribution is 2.37. The van der Waals surface area contributed by atoms with Crippen molar-refractivity contribution in [2.75, 3.05) is 6.54 Å². The lowest BCUT2D eigenvalue weighted by atomic mass is 10.1. The minimum absolute atomic E-state index is 0.267. The standard InChI is InChI=1S/C33H37NO3Si/c1-33(2,3)38(29-20-12-6-13-21-29,30-22-14-7-15-23-30)37-31(32(35)36)26-34(24-27-16-8-4-9-17-27)25-28-18-10-5-11-19-28/h4-23,31H,24-26H2,1-3H3,(H,35,36). The summed E-state index contributed by atoms with van der Waals surface area (Å²) in [6.45, 7) is 8.04. The zero-order chi connectivity index (χ0) is 27.0. The van der Waals surface area contributed by atoms with Gasteiger partial charge >= 0.3 is 5.97 Å². The molecule has 0 aliphatic rings. The van der Waals surface area contributed by atoms with E-state index in [1.54, 1.807) is 0 Å². The molecule has 5 heteroatoms. The maximum Gasteiger partial charge on any atom is 0.332 e. The summed E-state index contributed by atoms with van der Waals surface area (Å²) in [6, 6.07) is 40.8. The van der Waals surface area contributed by atoms with Gasteiger partial charge < -0.3 is 9.53 Å². The van der Waals surface area contributed by atoms with Gasteiger partial charge in [0.15, 0.2) is 6.10 Å². The summed E-state index contributed by atoms with van der Waals surface area (Å²) < 4.78 is 7.04. The monoisotopic (exact) mass is 523 g/mol. The molecule has 0 radical (unpaired) electrons. The Morgan fingerprint density at radius 3 is 1.42 bits per heavy atom. The molecule has 1 N–H and O–H groups in total. The van der Waals surface area contributed by atoms with Gasteiger partial charge in [0.2, 0.25) is 0 Å². The fourth-order valence-corrected chi connectivity index (χ4v) is 9.79. The molecule has 1 unspecified atom stereocenters. The van der Waals surface area contributed by atoms with Gasteiger partial charge in [-0.1, -0.05) is 142 Å². The lowest BCUT2D eigenvalue weighted by Gasteiger charge is -2.45. The summed E-state index contributed by atoms with van der Waals surface area (Å²) in [7, 11) is -3.03. The van der Waals surface area contributed by atoms with Gasteiger partial charge in [-0.05, 0) is 26.5 Å². The molecule has 0 aliphatic carbocycles. The molecular weight excluding hydrogens is 486 g/mol. The third kappa shape index (κ3) is 6.48. The fraction of sp³-hybridized carbons (Fsp3) is 0.242. The van der Waals surface area contributed by atoms with E-state index in [-0.39, 0.29) is 11.6 Å². The lowest BCUT2D eigenvalue weighted by molar-refractivity contribution is -0.146. The first-order valence-corrected chi connectivity index (χ1v) is 15.0. The Hall–Kier alpha value is -3.51. The van der Waals surface area contributed by atoms with Crippen LogP contribution in [0.3, 0.4) is 0 Å². The SMILES string of the molecule is CC(C)(C)[Si](OC(CN(Cc1ccccc1)Cc1ccccc1)C(=O)O)(c1ccccc1)c1ccccc1. The van der Waals surface area contributed by atoms with E-state index in [9.17, 15) is 9.90 Å². The van der Waals surface area contributed by atoms with E-state index in [4.69, 9.17) is 4.43 Å². The van der Waals surface area contributed by atoms with Crippen molar-refractivity contribution in [2.45, 2.75) is 45.0 Å². The summed E-state index contributed by atoms with van der Waals surface area (Å²) >= 11 is 0. The number of carboxylic acid groups (broad SMARTS) is 1. The van der Waals surface area contributed by atoms with Crippen molar-refractivity contribution in [1.82, 2.24) is 4.90 Å². The maximum atomic E-state index is 12.9. The summed E-state index contributed by atoms with van der Waals surface area (Å²) in [6.07, 6.45) is -1.01. The average Bonchev–Trinajstić information content (AvgIpc) is 2.92. The van der Waals surface area contributed by atoms with Gasteiger partial charge in [-0.25, -0.2) is 4.79 Å². The number of aliphatic carboxylic acids is 1. The van der Waals surface area contributed by atoms with Crippen LogP contribution in [0.15, 0.2) is 121 Å². The van der Waals surface area contributed by atoms with Crippen LogP contribution in [0.25, 0.3) is 0 Å². The topological polar surface area (TPSA) is 49.8 Å². The average molecular weight is 524 g/mol. The number of hydrogen-bond donors (Lipinski definition) is 1. The van der Waals surface area contributed by atoms with Crippen molar-refractivity contribution in [3.05, 3.63) is 132 Å². The molecule has 0 heterocycles. The van der Waals surface area contributed by atoms with E-state index in [1.165, 1.54) is 0 Å². The van der Waals surface area contributed by atoms with Gasteiger partial charge in [0.1, 0.15) is 0 Å².